The standard InChI is InChI=1S/C10H14N4O3S2/c1-17-10-8(14(15)16)9(12-6-13-10)11-4-7-5-18-2-3-19-7/h6-7H,2-5H2,1H3,(H,11,12,13). The second-order valence-corrected chi connectivity index (χ2v) is 6.34. The molecular weight excluding hydrogens is 288 g/mol. The summed E-state index contributed by atoms with van der Waals surface area (Å²) in [5.41, 5.74) is -0.210. The highest BCUT2D eigenvalue weighted by Crippen LogP contribution is 2.31. The first kappa shape index (κ1) is 14.2. The summed E-state index contributed by atoms with van der Waals surface area (Å²) in [5.74, 6) is 3.53. The maximum Gasteiger partial charge on any atom is 0.372 e. The molecule has 0 aliphatic carbocycles. The van der Waals surface area contributed by atoms with E-state index in [1.807, 2.05) is 23.5 Å². The lowest BCUT2D eigenvalue weighted by Gasteiger charge is -2.21. The van der Waals surface area contributed by atoms with Gasteiger partial charge < -0.3 is 10.1 Å². The molecule has 104 valence electrons. The van der Waals surface area contributed by atoms with Crippen LogP contribution < -0.4 is 10.1 Å². The van der Waals surface area contributed by atoms with Crippen molar-refractivity contribution in [1.29, 1.82) is 0 Å². The van der Waals surface area contributed by atoms with Gasteiger partial charge in [0.25, 0.3) is 5.88 Å². The Morgan fingerprint density at radius 2 is 2.42 bits per heavy atom. The average molecular weight is 302 g/mol. The Morgan fingerprint density at radius 3 is 3.05 bits per heavy atom. The lowest BCUT2D eigenvalue weighted by molar-refractivity contribution is -0.385. The van der Waals surface area contributed by atoms with E-state index >= 15 is 0 Å². The van der Waals surface area contributed by atoms with Gasteiger partial charge in [0.05, 0.1) is 12.0 Å². The molecule has 1 atom stereocenters. The average Bonchev–Trinajstić information content (AvgIpc) is 2.45. The summed E-state index contributed by atoms with van der Waals surface area (Å²) in [6, 6.07) is 0. The fourth-order valence-electron chi connectivity index (χ4n) is 1.67. The van der Waals surface area contributed by atoms with Crippen molar-refractivity contribution < 1.29 is 9.66 Å². The number of rotatable bonds is 5. The predicted octanol–water partition coefficient (Wildman–Crippen LogP) is 1.65. The minimum Gasteiger partial charge on any atom is -0.476 e. The summed E-state index contributed by atoms with van der Waals surface area (Å²) in [6.45, 7) is 0.651. The molecule has 0 aromatic carbocycles. The molecule has 2 rings (SSSR count). The Hall–Kier alpha value is -1.22. The van der Waals surface area contributed by atoms with Gasteiger partial charge in [0.1, 0.15) is 6.33 Å². The highest BCUT2D eigenvalue weighted by atomic mass is 32.2. The van der Waals surface area contributed by atoms with Gasteiger partial charge in [-0.2, -0.15) is 28.5 Å². The number of thioether (sulfide) groups is 2. The zero-order valence-electron chi connectivity index (χ0n) is 10.4. The van der Waals surface area contributed by atoms with Gasteiger partial charge in [0.2, 0.25) is 5.82 Å². The Balaban J connectivity index is 2.08. The smallest absolute Gasteiger partial charge is 0.372 e. The molecule has 1 aliphatic rings. The van der Waals surface area contributed by atoms with Crippen LogP contribution in [0.5, 0.6) is 5.88 Å². The van der Waals surface area contributed by atoms with Gasteiger partial charge in [-0.1, -0.05) is 0 Å². The Bertz CT molecular complexity index is 454. The van der Waals surface area contributed by atoms with Crippen molar-refractivity contribution in [1.82, 2.24) is 9.97 Å². The van der Waals surface area contributed by atoms with Crippen LogP contribution in [-0.4, -0.2) is 51.1 Å². The van der Waals surface area contributed by atoms with Crippen molar-refractivity contribution in [2.75, 3.05) is 36.2 Å². The second-order valence-electron chi connectivity index (χ2n) is 3.79. The third-order valence-electron chi connectivity index (χ3n) is 2.55. The number of ether oxygens (including phenoxy) is 1. The molecule has 7 nitrogen and oxygen atoms in total. The normalized spacial score (nSPS) is 18.9. The molecular formula is C10H14N4O3S2. The van der Waals surface area contributed by atoms with E-state index < -0.39 is 4.92 Å². The SMILES string of the molecule is COc1ncnc(NCC2CSCCS2)c1[N+](=O)[O-]. The molecule has 1 N–H and O–H groups in total. The lowest BCUT2D eigenvalue weighted by Crippen LogP contribution is -2.24. The highest BCUT2D eigenvalue weighted by molar-refractivity contribution is 8.06. The number of nitrogens with one attached hydrogen (secondary N) is 1. The van der Waals surface area contributed by atoms with Crippen LogP contribution in [-0.2, 0) is 0 Å². The van der Waals surface area contributed by atoms with E-state index in [1.165, 1.54) is 19.2 Å². The maximum atomic E-state index is 11.0. The molecule has 1 saturated heterocycles. The number of hydrogen-bond donors (Lipinski definition) is 1. The van der Waals surface area contributed by atoms with Gasteiger partial charge in [-0.3, -0.25) is 10.1 Å². The number of nitro groups is 1. The first-order chi connectivity index (χ1) is 9.22. The molecule has 0 saturated carbocycles. The number of anilines is 1. The van der Waals surface area contributed by atoms with E-state index in [1.54, 1.807) is 0 Å². The molecule has 2 heterocycles. The van der Waals surface area contributed by atoms with Crippen molar-refractivity contribution in [2.24, 2.45) is 0 Å². The molecule has 1 fully saturated rings. The van der Waals surface area contributed by atoms with E-state index in [0.717, 1.165) is 11.5 Å². The van der Waals surface area contributed by atoms with Crippen LogP contribution in [0.3, 0.4) is 0 Å². The van der Waals surface area contributed by atoms with Crippen LogP contribution in [0.2, 0.25) is 0 Å². The van der Waals surface area contributed by atoms with Crippen molar-refractivity contribution in [3.8, 4) is 5.88 Å². The van der Waals surface area contributed by atoms with Gasteiger partial charge in [0, 0.05) is 29.1 Å². The summed E-state index contributed by atoms with van der Waals surface area (Å²) in [7, 11) is 1.35. The minimum atomic E-state index is -0.524. The molecule has 19 heavy (non-hydrogen) atoms. The zero-order chi connectivity index (χ0) is 13.7. The molecule has 1 aromatic heterocycles. The maximum absolute atomic E-state index is 11.0. The Labute approximate surface area is 119 Å². The zero-order valence-corrected chi connectivity index (χ0v) is 12.0. The van der Waals surface area contributed by atoms with Gasteiger partial charge in [-0.05, 0) is 0 Å². The van der Waals surface area contributed by atoms with Gasteiger partial charge in [-0.25, -0.2) is 4.98 Å². The van der Waals surface area contributed by atoms with Crippen molar-refractivity contribution in [3.05, 3.63) is 16.4 Å². The van der Waals surface area contributed by atoms with E-state index in [2.05, 4.69) is 15.3 Å². The fraction of sp³-hybridized carbons (Fsp3) is 0.600. The molecule has 0 radical (unpaired) electrons. The van der Waals surface area contributed by atoms with Crippen LogP contribution in [0, 0.1) is 10.1 Å². The summed E-state index contributed by atoms with van der Waals surface area (Å²) < 4.78 is 4.90. The monoisotopic (exact) mass is 302 g/mol. The molecule has 1 aromatic rings. The van der Waals surface area contributed by atoms with E-state index in [0.29, 0.717) is 11.8 Å². The summed E-state index contributed by atoms with van der Waals surface area (Å²) in [4.78, 5) is 18.2. The molecule has 1 aliphatic heterocycles. The lowest BCUT2D eigenvalue weighted by atomic mass is 10.4. The minimum absolute atomic E-state index is 0.0202. The summed E-state index contributed by atoms with van der Waals surface area (Å²) in [6.07, 6.45) is 1.26. The number of nitrogens with zero attached hydrogens (tertiary/aromatic N) is 3. The van der Waals surface area contributed by atoms with Crippen molar-refractivity contribution in [3.63, 3.8) is 0 Å². The van der Waals surface area contributed by atoms with Crippen LogP contribution >= 0.6 is 23.5 Å². The quantitative estimate of drug-likeness (QED) is 0.648. The molecule has 1 unspecified atom stereocenters. The van der Waals surface area contributed by atoms with Gasteiger partial charge >= 0.3 is 5.69 Å². The third-order valence-corrected chi connectivity index (χ3v) is 5.39. The molecule has 0 bridgehead atoms. The molecule has 0 amide bonds. The first-order valence-corrected chi connectivity index (χ1v) is 7.89. The fourth-order valence-corrected chi connectivity index (χ4v) is 4.28. The van der Waals surface area contributed by atoms with E-state index in [4.69, 9.17) is 4.74 Å². The topological polar surface area (TPSA) is 90.2 Å². The summed E-state index contributed by atoms with van der Waals surface area (Å²) in [5, 5.41) is 14.5. The Morgan fingerprint density at radius 1 is 1.58 bits per heavy atom. The molecule has 9 heteroatoms. The number of methoxy groups -OCH3 is 1. The summed E-state index contributed by atoms with van der Waals surface area (Å²) >= 11 is 3.78. The third kappa shape index (κ3) is 3.63. The molecule has 0 spiro atoms. The predicted molar refractivity (Wildman–Crippen MR) is 77.3 cm³/mol. The highest BCUT2D eigenvalue weighted by Gasteiger charge is 2.24. The van der Waals surface area contributed by atoms with Crippen molar-refractivity contribution in [2.45, 2.75) is 5.25 Å². The second kappa shape index (κ2) is 6.80. The Kier molecular flexibility index (Phi) is 5.08. The number of aromatic nitrogens is 2. The largest absolute Gasteiger partial charge is 0.476 e. The van der Waals surface area contributed by atoms with Crippen LogP contribution in [0.25, 0.3) is 0 Å². The van der Waals surface area contributed by atoms with Crippen molar-refractivity contribution >= 4 is 35.0 Å². The first-order valence-electron chi connectivity index (χ1n) is 5.69. The number of hydrogen-bond acceptors (Lipinski definition) is 8. The van der Waals surface area contributed by atoms with Crippen LogP contribution in [0.15, 0.2) is 6.33 Å². The van der Waals surface area contributed by atoms with Gasteiger partial charge in [-0.15, -0.1) is 0 Å². The van der Waals surface area contributed by atoms with Gasteiger partial charge in [0.15, 0.2) is 0 Å². The van der Waals surface area contributed by atoms with Crippen LogP contribution in [0.1, 0.15) is 0 Å². The van der Waals surface area contributed by atoms with Crippen LogP contribution in [0.4, 0.5) is 11.5 Å². The van der Waals surface area contributed by atoms with E-state index in [-0.39, 0.29) is 17.4 Å². The van der Waals surface area contributed by atoms with E-state index in [9.17, 15) is 10.1 Å².